The Morgan fingerprint density at radius 3 is 2.53 bits per heavy atom. The van der Waals surface area contributed by atoms with E-state index >= 15 is 0 Å². The summed E-state index contributed by atoms with van der Waals surface area (Å²) in [6, 6.07) is 10.6. The fourth-order valence-electron chi connectivity index (χ4n) is 8.41. The van der Waals surface area contributed by atoms with Crippen molar-refractivity contribution in [2.75, 3.05) is 0 Å². The van der Waals surface area contributed by atoms with E-state index in [1.807, 2.05) is 0 Å². The average Bonchev–Trinajstić information content (AvgIpc) is 3.00. The molecular weight excluding hydrogens is 368 g/mol. The SMILES string of the molecule is CC(=O)OC1/C(=C/c2ccccc2)CC2C3CC[C@H]4CCCCC4(C)C3CCC12C. The molecule has 7 atom stereocenters. The Balaban J connectivity index is 1.50. The lowest BCUT2D eigenvalue weighted by Gasteiger charge is -2.60. The standard InChI is InChI=1S/C28H38O2/c1-19(29)30-26-21(17-20-9-5-4-6-10-20)18-25-23-13-12-22-11-7-8-15-27(22,2)24(23)14-16-28(25,26)3/h4-6,9-10,17,22-26H,7-8,11-16,18H2,1-3H3/b21-17+/t22-,23?,24?,25?,26?,27?,28?/m1/s1. The van der Waals surface area contributed by atoms with Crippen LogP contribution in [0.2, 0.25) is 0 Å². The van der Waals surface area contributed by atoms with Crippen LogP contribution in [0.3, 0.4) is 0 Å². The summed E-state index contributed by atoms with van der Waals surface area (Å²) in [5, 5.41) is 0. The van der Waals surface area contributed by atoms with E-state index in [0.717, 1.165) is 24.2 Å². The van der Waals surface area contributed by atoms with E-state index in [1.54, 1.807) is 6.92 Å². The number of rotatable bonds is 2. The zero-order chi connectivity index (χ0) is 20.9. The molecule has 5 rings (SSSR count). The molecular formula is C28H38O2. The molecule has 4 aliphatic rings. The molecule has 4 fully saturated rings. The van der Waals surface area contributed by atoms with Crippen LogP contribution in [-0.4, -0.2) is 12.1 Å². The van der Waals surface area contributed by atoms with Gasteiger partial charge in [-0.3, -0.25) is 4.79 Å². The molecule has 0 amide bonds. The second-order valence-corrected chi connectivity index (χ2v) is 11.3. The van der Waals surface area contributed by atoms with Crippen LogP contribution in [0.5, 0.6) is 0 Å². The normalized spacial score (nSPS) is 44.1. The number of ether oxygens (including phenoxy) is 1. The van der Waals surface area contributed by atoms with E-state index in [9.17, 15) is 4.79 Å². The number of fused-ring (bicyclic) bond motifs is 5. The molecule has 0 saturated heterocycles. The summed E-state index contributed by atoms with van der Waals surface area (Å²) in [5.41, 5.74) is 3.21. The average molecular weight is 407 g/mol. The second kappa shape index (κ2) is 7.53. The summed E-state index contributed by atoms with van der Waals surface area (Å²) in [5.74, 6) is 3.12. The van der Waals surface area contributed by atoms with Crippen LogP contribution in [0, 0.1) is 34.5 Å². The molecule has 6 unspecified atom stereocenters. The third kappa shape index (κ3) is 3.17. The lowest BCUT2D eigenvalue weighted by molar-refractivity contribution is -0.159. The van der Waals surface area contributed by atoms with Crippen molar-refractivity contribution in [3.05, 3.63) is 41.5 Å². The third-order valence-corrected chi connectivity index (χ3v) is 9.85. The van der Waals surface area contributed by atoms with Gasteiger partial charge in [0.05, 0.1) is 0 Å². The van der Waals surface area contributed by atoms with Gasteiger partial charge in [-0.1, -0.05) is 63.1 Å². The van der Waals surface area contributed by atoms with Gasteiger partial charge in [0, 0.05) is 12.3 Å². The number of carbonyl (C=O) groups is 1. The molecule has 0 spiro atoms. The van der Waals surface area contributed by atoms with E-state index in [2.05, 4.69) is 50.3 Å². The molecule has 0 aromatic heterocycles. The quantitative estimate of drug-likeness (QED) is 0.492. The minimum absolute atomic E-state index is 0.0574. The first-order chi connectivity index (χ1) is 14.4. The summed E-state index contributed by atoms with van der Waals surface area (Å²) in [4.78, 5) is 12.1. The van der Waals surface area contributed by atoms with E-state index in [4.69, 9.17) is 4.74 Å². The predicted molar refractivity (Wildman–Crippen MR) is 122 cm³/mol. The highest BCUT2D eigenvalue weighted by Crippen LogP contribution is 2.67. The maximum atomic E-state index is 12.1. The number of hydrogen-bond donors (Lipinski definition) is 0. The first-order valence-corrected chi connectivity index (χ1v) is 12.3. The van der Waals surface area contributed by atoms with Gasteiger partial charge in [0.2, 0.25) is 0 Å². The van der Waals surface area contributed by atoms with Gasteiger partial charge in [-0.2, -0.15) is 0 Å². The van der Waals surface area contributed by atoms with Crippen LogP contribution >= 0.6 is 0 Å². The molecule has 4 saturated carbocycles. The van der Waals surface area contributed by atoms with Crippen LogP contribution in [-0.2, 0) is 9.53 Å². The number of hydrogen-bond acceptors (Lipinski definition) is 2. The summed E-state index contributed by atoms with van der Waals surface area (Å²) >= 11 is 0. The molecule has 4 aliphatic carbocycles. The Morgan fingerprint density at radius 1 is 0.967 bits per heavy atom. The largest absolute Gasteiger partial charge is 0.457 e. The van der Waals surface area contributed by atoms with Gasteiger partial charge in [0.15, 0.2) is 0 Å². The van der Waals surface area contributed by atoms with Crippen molar-refractivity contribution >= 4 is 12.0 Å². The van der Waals surface area contributed by atoms with Gasteiger partial charge >= 0.3 is 5.97 Å². The van der Waals surface area contributed by atoms with Gasteiger partial charge in [-0.25, -0.2) is 0 Å². The molecule has 2 nitrogen and oxygen atoms in total. The Bertz CT molecular complexity index is 826. The molecule has 0 bridgehead atoms. The first kappa shape index (κ1) is 20.3. The molecule has 0 aliphatic heterocycles. The minimum atomic E-state index is -0.133. The summed E-state index contributed by atoms with van der Waals surface area (Å²) in [6.45, 7) is 6.65. The van der Waals surface area contributed by atoms with Gasteiger partial charge < -0.3 is 4.74 Å². The van der Waals surface area contributed by atoms with Crippen molar-refractivity contribution in [2.45, 2.75) is 84.7 Å². The monoisotopic (exact) mass is 406 g/mol. The summed E-state index contributed by atoms with van der Waals surface area (Å²) in [6.07, 6.45) is 14.4. The molecule has 0 heterocycles. The van der Waals surface area contributed by atoms with Crippen LogP contribution in [0.4, 0.5) is 0 Å². The highest BCUT2D eigenvalue weighted by molar-refractivity contribution is 5.67. The topological polar surface area (TPSA) is 26.3 Å². The molecule has 2 heteroatoms. The predicted octanol–water partition coefficient (Wildman–Crippen LogP) is 7.04. The maximum Gasteiger partial charge on any atom is 0.303 e. The van der Waals surface area contributed by atoms with E-state index in [1.165, 1.54) is 62.5 Å². The molecule has 162 valence electrons. The number of esters is 1. The highest BCUT2D eigenvalue weighted by atomic mass is 16.5. The van der Waals surface area contributed by atoms with Crippen LogP contribution < -0.4 is 0 Å². The highest BCUT2D eigenvalue weighted by Gasteiger charge is 2.61. The van der Waals surface area contributed by atoms with E-state index in [-0.39, 0.29) is 17.5 Å². The van der Waals surface area contributed by atoms with Crippen LogP contribution in [0.1, 0.15) is 84.1 Å². The maximum absolute atomic E-state index is 12.1. The van der Waals surface area contributed by atoms with Crippen molar-refractivity contribution in [1.29, 1.82) is 0 Å². The Labute approximate surface area is 182 Å². The van der Waals surface area contributed by atoms with Gasteiger partial charge in [-0.15, -0.1) is 0 Å². The molecule has 30 heavy (non-hydrogen) atoms. The van der Waals surface area contributed by atoms with E-state index < -0.39 is 0 Å². The minimum Gasteiger partial charge on any atom is -0.457 e. The van der Waals surface area contributed by atoms with Crippen molar-refractivity contribution in [3.63, 3.8) is 0 Å². The molecule has 1 aromatic carbocycles. The lowest BCUT2D eigenvalue weighted by Crippen LogP contribution is -2.53. The lowest BCUT2D eigenvalue weighted by atomic mass is 9.45. The van der Waals surface area contributed by atoms with Crippen LogP contribution in [0.15, 0.2) is 35.9 Å². The second-order valence-electron chi connectivity index (χ2n) is 11.3. The van der Waals surface area contributed by atoms with Gasteiger partial charge in [-0.05, 0) is 85.2 Å². The fraction of sp³-hybridized carbons (Fsp3) is 0.679. The fourth-order valence-corrected chi connectivity index (χ4v) is 8.41. The number of carbonyl (C=O) groups excluding carboxylic acids is 1. The first-order valence-electron chi connectivity index (χ1n) is 12.3. The van der Waals surface area contributed by atoms with Crippen LogP contribution in [0.25, 0.3) is 6.08 Å². The number of benzene rings is 1. The third-order valence-electron chi connectivity index (χ3n) is 9.85. The van der Waals surface area contributed by atoms with Crippen molar-refractivity contribution in [1.82, 2.24) is 0 Å². The Morgan fingerprint density at radius 2 is 1.77 bits per heavy atom. The van der Waals surface area contributed by atoms with Crippen molar-refractivity contribution < 1.29 is 9.53 Å². The smallest absolute Gasteiger partial charge is 0.303 e. The molecule has 1 aromatic rings. The van der Waals surface area contributed by atoms with Gasteiger partial charge in [0.1, 0.15) is 6.10 Å². The van der Waals surface area contributed by atoms with Crippen molar-refractivity contribution in [3.8, 4) is 0 Å². The Hall–Kier alpha value is -1.57. The molecule has 0 radical (unpaired) electrons. The zero-order valence-electron chi connectivity index (χ0n) is 19.0. The summed E-state index contributed by atoms with van der Waals surface area (Å²) in [7, 11) is 0. The Kier molecular flexibility index (Phi) is 5.11. The van der Waals surface area contributed by atoms with E-state index in [0.29, 0.717) is 11.3 Å². The zero-order valence-corrected chi connectivity index (χ0v) is 19.0. The van der Waals surface area contributed by atoms with Gasteiger partial charge in [0.25, 0.3) is 0 Å². The summed E-state index contributed by atoms with van der Waals surface area (Å²) < 4.78 is 6.07. The molecule has 0 N–H and O–H groups in total. The van der Waals surface area contributed by atoms with Crippen molar-refractivity contribution in [2.24, 2.45) is 34.5 Å².